The number of fused-ring (bicyclic) bond motifs is 3. The van der Waals surface area contributed by atoms with Crippen LogP contribution in [-0.4, -0.2) is 0 Å². The highest BCUT2D eigenvalue weighted by molar-refractivity contribution is 5.78. The molecule has 1 aliphatic rings. The predicted octanol–water partition coefficient (Wildman–Crippen LogP) is 4.60. The highest BCUT2D eigenvalue weighted by Crippen LogP contribution is 2.46. The van der Waals surface area contributed by atoms with Crippen molar-refractivity contribution in [3.05, 3.63) is 59.7 Å². The summed E-state index contributed by atoms with van der Waals surface area (Å²) in [5.74, 6) is 0.623. The van der Waals surface area contributed by atoms with Crippen molar-refractivity contribution in [3.63, 3.8) is 0 Å². The molecule has 0 radical (unpaired) electrons. The van der Waals surface area contributed by atoms with Crippen LogP contribution >= 0.6 is 0 Å². The van der Waals surface area contributed by atoms with Gasteiger partial charge in [0.2, 0.25) is 0 Å². The highest BCUT2D eigenvalue weighted by Gasteiger charge is 2.26. The zero-order chi connectivity index (χ0) is 11.0. The zero-order valence-electron chi connectivity index (χ0n) is 9.61. The molecule has 0 saturated carbocycles. The first-order valence-corrected chi connectivity index (χ1v) is 6.10. The predicted molar refractivity (Wildman–Crippen MR) is 68.6 cm³/mol. The van der Waals surface area contributed by atoms with Crippen molar-refractivity contribution >= 4 is 0 Å². The van der Waals surface area contributed by atoms with Crippen molar-refractivity contribution in [2.45, 2.75) is 25.7 Å². The molecule has 0 aromatic heterocycles. The van der Waals surface area contributed by atoms with Crippen LogP contribution in [0.5, 0.6) is 0 Å². The van der Waals surface area contributed by atoms with E-state index in [-0.39, 0.29) is 0 Å². The Bertz CT molecular complexity index is 465. The second-order valence-corrected chi connectivity index (χ2v) is 4.52. The summed E-state index contributed by atoms with van der Waals surface area (Å²) in [5, 5.41) is 0. The molecule has 0 aliphatic heterocycles. The molecule has 0 saturated heterocycles. The van der Waals surface area contributed by atoms with Crippen molar-refractivity contribution in [3.8, 4) is 11.1 Å². The Hall–Kier alpha value is -1.56. The number of hydrogen-bond acceptors (Lipinski definition) is 0. The molecule has 0 amide bonds. The summed E-state index contributed by atoms with van der Waals surface area (Å²) in [5.41, 5.74) is 5.92. The maximum atomic E-state index is 2.29. The average molecular weight is 208 g/mol. The lowest BCUT2D eigenvalue weighted by Crippen LogP contribution is -1.95. The van der Waals surface area contributed by atoms with Gasteiger partial charge in [-0.25, -0.2) is 0 Å². The maximum Gasteiger partial charge on any atom is 0.0101 e. The average Bonchev–Trinajstić information content (AvgIpc) is 2.66. The minimum absolute atomic E-state index is 0.623. The van der Waals surface area contributed by atoms with Crippen LogP contribution in [0.4, 0.5) is 0 Å². The third-order valence-corrected chi connectivity index (χ3v) is 3.54. The molecule has 0 fully saturated rings. The molecule has 16 heavy (non-hydrogen) atoms. The van der Waals surface area contributed by atoms with Crippen molar-refractivity contribution in [2.75, 3.05) is 0 Å². The summed E-state index contributed by atoms with van der Waals surface area (Å²) >= 11 is 0. The summed E-state index contributed by atoms with van der Waals surface area (Å²) in [7, 11) is 0. The van der Waals surface area contributed by atoms with Gasteiger partial charge in [-0.3, -0.25) is 0 Å². The SMILES string of the molecule is CCCC1c2ccccc2-c2ccccc21. The van der Waals surface area contributed by atoms with Gasteiger partial charge in [0.05, 0.1) is 0 Å². The van der Waals surface area contributed by atoms with Crippen LogP contribution in [0.2, 0.25) is 0 Å². The van der Waals surface area contributed by atoms with Crippen molar-refractivity contribution in [1.82, 2.24) is 0 Å². The summed E-state index contributed by atoms with van der Waals surface area (Å²) in [6.45, 7) is 2.27. The Morgan fingerprint density at radius 1 is 0.812 bits per heavy atom. The van der Waals surface area contributed by atoms with Crippen LogP contribution in [0.25, 0.3) is 11.1 Å². The van der Waals surface area contributed by atoms with Gasteiger partial charge in [0.15, 0.2) is 0 Å². The number of benzene rings is 2. The standard InChI is InChI=1S/C16H16/c1-2-7-12-13-8-3-5-10-15(13)16-11-6-4-9-14(12)16/h3-6,8-12H,2,7H2,1H3. The van der Waals surface area contributed by atoms with Crippen LogP contribution < -0.4 is 0 Å². The van der Waals surface area contributed by atoms with Gasteiger partial charge in [-0.05, 0) is 28.7 Å². The number of rotatable bonds is 2. The molecule has 0 N–H and O–H groups in total. The lowest BCUT2D eigenvalue weighted by Gasteiger charge is -2.11. The smallest absolute Gasteiger partial charge is 0.0101 e. The second-order valence-electron chi connectivity index (χ2n) is 4.52. The van der Waals surface area contributed by atoms with E-state index in [4.69, 9.17) is 0 Å². The van der Waals surface area contributed by atoms with Crippen LogP contribution in [0.3, 0.4) is 0 Å². The molecule has 0 nitrogen and oxygen atoms in total. The number of hydrogen-bond donors (Lipinski definition) is 0. The molecule has 0 heterocycles. The molecule has 3 rings (SSSR count). The molecule has 2 aromatic carbocycles. The largest absolute Gasteiger partial charge is 0.0653 e. The van der Waals surface area contributed by atoms with Crippen molar-refractivity contribution in [2.24, 2.45) is 0 Å². The van der Waals surface area contributed by atoms with Gasteiger partial charge in [-0.1, -0.05) is 61.9 Å². The van der Waals surface area contributed by atoms with E-state index in [1.165, 1.54) is 35.1 Å². The van der Waals surface area contributed by atoms with E-state index in [0.717, 1.165) is 0 Å². The zero-order valence-corrected chi connectivity index (χ0v) is 9.61. The Labute approximate surface area is 96.9 Å². The van der Waals surface area contributed by atoms with E-state index in [1.807, 2.05) is 0 Å². The van der Waals surface area contributed by atoms with Crippen LogP contribution in [0.15, 0.2) is 48.5 Å². The van der Waals surface area contributed by atoms with Crippen LogP contribution in [0, 0.1) is 0 Å². The van der Waals surface area contributed by atoms with Crippen molar-refractivity contribution in [1.29, 1.82) is 0 Å². The molecule has 1 aliphatic carbocycles. The maximum absolute atomic E-state index is 2.29. The van der Waals surface area contributed by atoms with Gasteiger partial charge >= 0.3 is 0 Å². The molecule has 2 aromatic rings. The normalized spacial score (nSPS) is 13.6. The molecule has 0 unspecified atom stereocenters. The first-order chi connectivity index (χ1) is 7.92. The van der Waals surface area contributed by atoms with E-state index >= 15 is 0 Å². The van der Waals surface area contributed by atoms with E-state index in [0.29, 0.717) is 5.92 Å². The van der Waals surface area contributed by atoms with E-state index in [1.54, 1.807) is 0 Å². The van der Waals surface area contributed by atoms with Gasteiger partial charge in [-0.15, -0.1) is 0 Å². The minimum Gasteiger partial charge on any atom is -0.0653 e. The molecule has 0 atom stereocenters. The Morgan fingerprint density at radius 2 is 1.31 bits per heavy atom. The third kappa shape index (κ3) is 1.30. The van der Waals surface area contributed by atoms with Gasteiger partial charge in [0.25, 0.3) is 0 Å². The van der Waals surface area contributed by atoms with E-state index in [9.17, 15) is 0 Å². The second kappa shape index (κ2) is 3.79. The quantitative estimate of drug-likeness (QED) is 0.676. The fourth-order valence-electron chi connectivity index (χ4n) is 2.86. The Morgan fingerprint density at radius 3 is 1.81 bits per heavy atom. The van der Waals surface area contributed by atoms with Gasteiger partial charge in [-0.2, -0.15) is 0 Å². The highest BCUT2D eigenvalue weighted by atomic mass is 14.3. The van der Waals surface area contributed by atoms with Gasteiger partial charge in [0.1, 0.15) is 0 Å². The molecule has 0 spiro atoms. The topological polar surface area (TPSA) is 0 Å². The first-order valence-electron chi connectivity index (χ1n) is 6.10. The summed E-state index contributed by atoms with van der Waals surface area (Å²) in [6.07, 6.45) is 2.50. The van der Waals surface area contributed by atoms with Crippen LogP contribution in [-0.2, 0) is 0 Å². The fourth-order valence-corrected chi connectivity index (χ4v) is 2.86. The first kappa shape index (κ1) is 9.65. The van der Waals surface area contributed by atoms with Gasteiger partial charge < -0.3 is 0 Å². The van der Waals surface area contributed by atoms with E-state index < -0.39 is 0 Å². The Balaban J connectivity index is 2.21. The molecule has 0 heteroatoms. The third-order valence-electron chi connectivity index (χ3n) is 3.54. The van der Waals surface area contributed by atoms with Crippen LogP contribution in [0.1, 0.15) is 36.8 Å². The van der Waals surface area contributed by atoms with Crippen molar-refractivity contribution < 1.29 is 0 Å². The summed E-state index contributed by atoms with van der Waals surface area (Å²) in [4.78, 5) is 0. The molecule has 0 bridgehead atoms. The summed E-state index contributed by atoms with van der Waals surface area (Å²) < 4.78 is 0. The van der Waals surface area contributed by atoms with E-state index in [2.05, 4.69) is 55.5 Å². The molecular formula is C16H16. The monoisotopic (exact) mass is 208 g/mol. The minimum atomic E-state index is 0.623. The Kier molecular flexibility index (Phi) is 2.28. The molecule has 80 valence electrons. The summed E-state index contributed by atoms with van der Waals surface area (Å²) in [6, 6.07) is 17.7. The molecular weight excluding hydrogens is 192 g/mol. The lowest BCUT2D eigenvalue weighted by molar-refractivity contribution is 0.711. The van der Waals surface area contributed by atoms with Gasteiger partial charge in [0, 0.05) is 5.92 Å². The fraction of sp³-hybridized carbons (Fsp3) is 0.250. The lowest BCUT2D eigenvalue weighted by atomic mass is 9.93.